The zero-order chi connectivity index (χ0) is 22.5. The van der Waals surface area contributed by atoms with Crippen LogP contribution in [0.1, 0.15) is 23.1 Å². The van der Waals surface area contributed by atoms with Crippen molar-refractivity contribution in [2.75, 3.05) is 12.5 Å². The minimum atomic E-state index is -0.924. The molecule has 0 spiro atoms. The van der Waals surface area contributed by atoms with Crippen LogP contribution in [0.2, 0.25) is 0 Å². The van der Waals surface area contributed by atoms with Gasteiger partial charge in [0, 0.05) is 16.7 Å². The number of thioether (sulfide) groups is 1. The lowest BCUT2D eigenvalue weighted by molar-refractivity contribution is -0.131. The number of aliphatic hydroxyl groups is 1. The number of ketones is 1. The van der Waals surface area contributed by atoms with Crippen molar-refractivity contribution in [3.63, 3.8) is 0 Å². The first-order valence-corrected chi connectivity index (χ1v) is 11.4. The maximum atomic E-state index is 11.7. The Balaban J connectivity index is 1.34. The van der Waals surface area contributed by atoms with E-state index in [0.717, 1.165) is 11.1 Å². The summed E-state index contributed by atoms with van der Waals surface area (Å²) in [7, 11) is 0. The summed E-state index contributed by atoms with van der Waals surface area (Å²) in [6.07, 6.45) is 0.135. The fourth-order valence-electron chi connectivity index (χ4n) is 3.64. The first-order chi connectivity index (χ1) is 15.5. The van der Waals surface area contributed by atoms with Crippen molar-refractivity contribution in [1.82, 2.24) is 10.3 Å². The molecule has 4 rings (SSSR count). The van der Waals surface area contributed by atoms with E-state index in [4.69, 9.17) is 9.15 Å². The molecule has 1 aromatic heterocycles. The molecule has 2 aromatic carbocycles. The number of aromatic nitrogens is 1. The minimum absolute atomic E-state index is 0.0234. The maximum absolute atomic E-state index is 11.7. The standard InChI is InChI=1S/C24H24N2O5S/c1-15-22(26-24(31-15)17-5-3-2-4-6-17)20(29)13-30-18-9-7-16(8-10-18)11-21-23(19(28)12-27)25-14-32-21/h2-10,12,20-21,23,25,29H,11,13-14H2,1H3. The van der Waals surface area contributed by atoms with E-state index >= 15 is 0 Å². The van der Waals surface area contributed by atoms with Crippen molar-refractivity contribution in [2.24, 2.45) is 0 Å². The lowest BCUT2D eigenvalue weighted by atomic mass is 10.0. The van der Waals surface area contributed by atoms with Crippen LogP contribution in [0.4, 0.5) is 0 Å². The Hall–Kier alpha value is -2.94. The summed E-state index contributed by atoms with van der Waals surface area (Å²) < 4.78 is 11.5. The van der Waals surface area contributed by atoms with Gasteiger partial charge in [-0.3, -0.25) is 14.9 Å². The van der Waals surface area contributed by atoms with Gasteiger partial charge in [0.25, 0.3) is 0 Å². The normalized spacial score (nSPS) is 18.9. The van der Waals surface area contributed by atoms with Crippen molar-refractivity contribution in [2.45, 2.75) is 30.7 Å². The summed E-state index contributed by atoms with van der Waals surface area (Å²) in [5.41, 5.74) is 2.35. The second-order valence-electron chi connectivity index (χ2n) is 7.55. The van der Waals surface area contributed by atoms with Crippen molar-refractivity contribution in [3.8, 4) is 17.2 Å². The van der Waals surface area contributed by atoms with Crippen LogP contribution in [0.25, 0.3) is 11.5 Å². The molecule has 1 aliphatic heterocycles. The lowest BCUT2D eigenvalue weighted by Crippen LogP contribution is -2.39. The number of benzene rings is 2. The monoisotopic (exact) mass is 452 g/mol. The van der Waals surface area contributed by atoms with E-state index in [-0.39, 0.29) is 11.9 Å². The second kappa shape index (κ2) is 10.1. The Morgan fingerprint density at radius 3 is 2.75 bits per heavy atom. The van der Waals surface area contributed by atoms with E-state index in [1.165, 1.54) is 0 Å². The quantitative estimate of drug-likeness (QED) is 0.377. The molecule has 1 fully saturated rings. The van der Waals surface area contributed by atoms with E-state index in [1.54, 1.807) is 18.7 Å². The lowest BCUT2D eigenvalue weighted by Gasteiger charge is -2.15. The summed E-state index contributed by atoms with van der Waals surface area (Å²) >= 11 is 1.64. The molecule has 2 N–H and O–H groups in total. The number of oxazole rings is 1. The van der Waals surface area contributed by atoms with Gasteiger partial charge in [-0.1, -0.05) is 30.3 Å². The predicted octanol–water partition coefficient (Wildman–Crippen LogP) is 3.10. The molecular formula is C24H24N2O5S. The number of carbonyl (C=O) groups excluding carboxylic acids is 2. The molecule has 0 saturated carbocycles. The second-order valence-corrected chi connectivity index (χ2v) is 8.78. The van der Waals surface area contributed by atoms with Crippen molar-refractivity contribution >= 4 is 23.8 Å². The summed E-state index contributed by atoms with van der Waals surface area (Å²) in [5.74, 6) is 1.88. The average Bonchev–Trinajstić information content (AvgIpc) is 3.45. The topological polar surface area (TPSA) is 102 Å². The maximum Gasteiger partial charge on any atom is 0.226 e. The molecule has 7 nitrogen and oxygen atoms in total. The van der Waals surface area contributed by atoms with Crippen LogP contribution in [0, 0.1) is 6.92 Å². The molecular weight excluding hydrogens is 428 g/mol. The average molecular weight is 453 g/mol. The molecule has 8 heteroatoms. The first-order valence-electron chi connectivity index (χ1n) is 10.3. The van der Waals surface area contributed by atoms with Crippen molar-refractivity contribution in [1.29, 1.82) is 0 Å². The number of rotatable bonds is 9. The fraction of sp³-hybridized carbons (Fsp3) is 0.292. The molecule has 0 bridgehead atoms. The Morgan fingerprint density at radius 2 is 2.03 bits per heavy atom. The highest BCUT2D eigenvalue weighted by Gasteiger charge is 2.32. The third kappa shape index (κ3) is 5.09. The highest BCUT2D eigenvalue weighted by Crippen LogP contribution is 2.27. The number of hydrogen-bond acceptors (Lipinski definition) is 8. The van der Waals surface area contributed by atoms with Crippen LogP contribution in [0.5, 0.6) is 5.75 Å². The number of aryl methyl sites for hydroxylation is 1. The van der Waals surface area contributed by atoms with Gasteiger partial charge < -0.3 is 14.3 Å². The zero-order valence-corrected chi connectivity index (χ0v) is 18.4. The highest BCUT2D eigenvalue weighted by atomic mass is 32.2. The van der Waals surface area contributed by atoms with Crippen molar-refractivity contribution < 1.29 is 23.8 Å². The third-order valence-electron chi connectivity index (χ3n) is 5.33. The van der Waals surface area contributed by atoms with Crippen LogP contribution in [-0.4, -0.2) is 45.9 Å². The highest BCUT2D eigenvalue weighted by molar-refractivity contribution is 8.00. The molecule has 166 valence electrons. The number of Topliss-reactive ketones (excluding diaryl/α,β-unsaturated/α-hetero) is 1. The summed E-state index contributed by atoms with van der Waals surface area (Å²) in [6, 6.07) is 16.6. The number of carbonyl (C=O) groups is 2. The van der Waals surface area contributed by atoms with Gasteiger partial charge in [-0.2, -0.15) is 0 Å². The molecule has 1 saturated heterocycles. The molecule has 2 heterocycles. The Labute approximate surface area is 190 Å². The van der Waals surface area contributed by atoms with E-state index in [9.17, 15) is 14.7 Å². The Kier molecular flexibility index (Phi) is 7.04. The minimum Gasteiger partial charge on any atom is -0.490 e. The largest absolute Gasteiger partial charge is 0.490 e. The van der Waals surface area contributed by atoms with E-state index < -0.39 is 17.9 Å². The Morgan fingerprint density at radius 1 is 1.28 bits per heavy atom. The predicted molar refractivity (Wildman–Crippen MR) is 122 cm³/mol. The van der Waals surface area contributed by atoms with Gasteiger partial charge in [0.2, 0.25) is 11.7 Å². The van der Waals surface area contributed by atoms with Gasteiger partial charge in [0.15, 0.2) is 6.29 Å². The van der Waals surface area contributed by atoms with Gasteiger partial charge in [0.05, 0.1) is 6.04 Å². The first kappa shape index (κ1) is 22.3. The number of nitrogens with one attached hydrogen (secondary N) is 1. The Bertz CT molecular complexity index is 1070. The third-order valence-corrected chi connectivity index (χ3v) is 6.53. The zero-order valence-electron chi connectivity index (χ0n) is 17.6. The van der Waals surface area contributed by atoms with Crippen LogP contribution in [0.3, 0.4) is 0 Å². The number of nitrogens with zero attached hydrogens (tertiary/aromatic N) is 1. The molecule has 0 radical (unpaired) electrons. The molecule has 3 atom stereocenters. The SMILES string of the molecule is Cc1oc(-c2ccccc2)nc1C(O)COc1ccc(CC2SCNC2C(=O)C=O)cc1. The molecule has 1 aliphatic rings. The number of aldehydes is 1. The molecule has 32 heavy (non-hydrogen) atoms. The molecule has 0 amide bonds. The number of ether oxygens (including phenoxy) is 1. The van der Waals surface area contributed by atoms with E-state index in [2.05, 4.69) is 10.3 Å². The summed E-state index contributed by atoms with van der Waals surface area (Å²) in [4.78, 5) is 27.0. The number of aliphatic hydroxyl groups excluding tert-OH is 1. The molecule has 0 aliphatic carbocycles. The smallest absolute Gasteiger partial charge is 0.226 e. The van der Waals surface area contributed by atoms with Gasteiger partial charge in [0.1, 0.15) is 29.9 Å². The van der Waals surface area contributed by atoms with Crippen LogP contribution < -0.4 is 10.1 Å². The van der Waals surface area contributed by atoms with E-state index in [1.807, 2.05) is 54.6 Å². The summed E-state index contributed by atoms with van der Waals surface area (Å²) in [5, 5.41) is 13.6. The van der Waals surface area contributed by atoms with Gasteiger partial charge >= 0.3 is 0 Å². The molecule has 3 unspecified atom stereocenters. The molecule has 3 aromatic rings. The number of hydrogen-bond donors (Lipinski definition) is 2. The van der Waals surface area contributed by atoms with Crippen molar-refractivity contribution in [3.05, 3.63) is 71.6 Å². The van der Waals surface area contributed by atoms with Crippen LogP contribution >= 0.6 is 11.8 Å². The van der Waals surface area contributed by atoms with Gasteiger partial charge in [-0.25, -0.2) is 4.98 Å². The fourth-order valence-corrected chi connectivity index (χ4v) is 4.86. The van der Waals surface area contributed by atoms with Gasteiger partial charge in [-0.15, -0.1) is 11.8 Å². The van der Waals surface area contributed by atoms with E-state index in [0.29, 0.717) is 41.7 Å². The summed E-state index contributed by atoms with van der Waals surface area (Å²) in [6.45, 7) is 1.81. The van der Waals surface area contributed by atoms with Crippen LogP contribution in [0.15, 0.2) is 59.0 Å². The van der Waals surface area contributed by atoms with Gasteiger partial charge in [-0.05, 0) is 43.2 Å². The van der Waals surface area contributed by atoms with Crippen LogP contribution in [-0.2, 0) is 16.0 Å².